The molecule has 1 aliphatic carbocycles. The second kappa shape index (κ2) is 6.08. The molecule has 3 atom stereocenters. The van der Waals surface area contributed by atoms with Crippen molar-refractivity contribution in [3.8, 4) is 0 Å². The molecule has 0 aromatic carbocycles. The zero-order valence-electron chi connectivity index (χ0n) is 9.57. The first-order chi connectivity index (χ1) is 7.15. The molecule has 0 amide bonds. The van der Waals surface area contributed by atoms with E-state index in [0.29, 0.717) is 13.2 Å². The van der Waals surface area contributed by atoms with E-state index in [1.165, 1.54) is 0 Å². The summed E-state index contributed by atoms with van der Waals surface area (Å²) in [5.41, 5.74) is 5.82. The predicted molar refractivity (Wildman–Crippen MR) is 57.4 cm³/mol. The summed E-state index contributed by atoms with van der Waals surface area (Å²) >= 11 is 0. The van der Waals surface area contributed by atoms with Gasteiger partial charge in [-0.3, -0.25) is 4.79 Å². The molecule has 0 saturated heterocycles. The standard InChI is InChI=1S/C11H21NO3/c1-3-14-7-8(2)15-11(13)9-5-4-6-10(9)12/h8-10H,3-7,12H2,1-2H3. The van der Waals surface area contributed by atoms with Crippen LogP contribution in [0.1, 0.15) is 33.1 Å². The number of carbonyl (C=O) groups is 1. The van der Waals surface area contributed by atoms with Gasteiger partial charge in [0.05, 0.1) is 12.5 Å². The van der Waals surface area contributed by atoms with Crippen LogP contribution in [-0.2, 0) is 14.3 Å². The average molecular weight is 215 g/mol. The zero-order chi connectivity index (χ0) is 11.3. The smallest absolute Gasteiger partial charge is 0.310 e. The van der Waals surface area contributed by atoms with E-state index in [9.17, 15) is 4.79 Å². The van der Waals surface area contributed by atoms with Crippen LogP contribution in [0, 0.1) is 5.92 Å². The molecule has 4 heteroatoms. The van der Waals surface area contributed by atoms with Gasteiger partial charge in [0.2, 0.25) is 0 Å². The van der Waals surface area contributed by atoms with Gasteiger partial charge < -0.3 is 15.2 Å². The van der Waals surface area contributed by atoms with Crippen LogP contribution in [0.2, 0.25) is 0 Å². The fraction of sp³-hybridized carbons (Fsp3) is 0.909. The number of esters is 1. The lowest BCUT2D eigenvalue weighted by Crippen LogP contribution is -2.34. The minimum atomic E-state index is -0.176. The first-order valence-corrected chi connectivity index (χ1v) is 5.69. The van der Waals surface area contributed by atoms with Gasteiger partial charge >= 0.3 is 5.97 Å². The molecule has 0 aromatic rings. The predicted octanol–water partition coefficient (Wildman–Crippen LogP) is 1.08. The molecule has 0 bridgehead atoms. The van der Waals surface area contributed by atoms with Crippen molar-refractivity contribution in [1.29, 1.82) is 0 Å². The van der Waals surface area contributed by atoms with E-state index in [0.717, 1.165) is 19.3 Å². The van der Waals surface area contributed by atoms with Crippen molar-refractivity contribution in [1.82, 2.24) is 0 Å². The maximum atomic E-state index is 11.7. The molecule has 1 rings (SSSR count). The number of ether oxygens (including phenoxy) is 2. The van der Waals surface area contributed by atoms with E-state index in [-0.39, 0.29) is 24.0 Å². The molecule has 1 saturated carbocycles. The highest BCUT2D eigenvalue weighted by Gasteiger charge is 2.32. The van der Waals surface area contributed by atoms with Crippen molar-refractivity contribution in [2.45, 2.75) is 45.3 Å². The van der Waals surface area contributed by atoms with E-state index >= 15 is 0 Å². The van der Waals surface area contributed by atoms with Crippen molar-refractivity contribution >= 4 is 5.97 Å². The van der Waals surface area contributed by atoms with Crippen LogP contribution in [0.5, 0.6) is 0 Å². The van der Waals surface area contributed by atoms with Crippen molar-refractivity contribution in [3.05, 3.63) is 0 Å². The average Bonchev–Trinajstić information content (AvgIpc) is 2.61. The molecule has 1 aliphatic rings. The van der Waals surface area contributed by atoms with Gasteiger partial charge in [0.15, 0.2) is 0 Å². The molecule has 1 fully saturated rings. The summed E-state index contributed by atoms with van der Waals surface area (Å²) in [5, 5.41) is 0. The SMILES string of the molecule is CCOCC(C)OC(=O)C1CCCC1N. The molecule has 88 valence electrons. The number of hydrogen-bond donors (Lipinski definition) is 1. The number of hydrogen-bond acceptors (Lipinski definition) is 4. The highest BCUT2D eigenvalue weighted by molar-refractivity contribution is 5.73. The third kappa shape index (κ3) is 3.80. The van der Waals surface area contributed by atoms with E-state index in [1.807, 2.05) is 13.8 Å². The van der Waals surface area contributed by atoms with Crippen LogP contribution >= 0.6 is 0 Å². The van der Waals surface area contributed by atoms with E-state index in [1.54, 1.807) is 0 Å². The van der Waals surface area contributed by atoms with Gasteiger partial charge in [0.1, 0.15) is 6.10 Å². The Kier molecular flexibility index (Phi) is 5.05. The molecular formula is C11H21NO3. The Hall–Kier alpha value is -0.610. The number of carbonyl (C=O) groups excluding carboxylic acids is 1. The lowest BCUT2D eigenvalue weighted by Gasteiger charge is -2.18. The van der Waals surface area contributed by atoms with Gasteiger partial charge in [-0.05, 0) is 26.7 Å². The highest BCUT2D eigenvalue weighted by Crippen LogP contribution is 2.25. The van der Waals surface area contributed by atoms with Crippen molar-refractivity contribution in [2.24, 2.45) is 11.7 Å². The first kappa shape index (κ1) is 12.5. The Morgan fingerprint density at radius 2 is 2.27 bits per heavy atom. The van der Waals surface area contributed by atoms with Crippen LogP contribution in [0.25, 0.3) is 0 Å². The first-order valence-electron chi connectivity index (χ1n) is 5.69. The summed E-state index contributed by atoms with van der Waals surface area (Å²) in [5.74, 6) is -0.263. The lowest BCUT2D eigenvalue weighted by molar-refractivity contribution is -0.156. The van der Waals surface area contributed by atoms with Crippen molar-refractivity contribution in [2.75, 3.05) is 13.2 Å². The van der Waals surface area contributed by atoms with Gasteiger partial charge in [0, 0.05) is 12.6 Å². The van der Waals surface area contributed by atoms with Crippen molar-refractivity contribution in [3.63, 3.8) is 0 Å². The maximum absolute atomic E-state index is 11.7. The Balaban J connectivity index is 2.28. The van der Waals surface area contributed by atoms with E-state index < -0.39 is 0 Å². The van der Waals surface area contributed by atoms with Gasteiger partial charge in [-0.15, -0.1) is 0 Å². The molecule has 4 nitrogen and oxygen atoms in total. The van der Waals surface area contributed by atoms with Crippen LogP contribution in [0.3, 0.4) is 0 Å². The summed E-state index contributed by atoms with van der Waals surface area (Å²) in [6.45, 7) is 4.87. The second-order valence-electron chi connectivity index (χ2n) is 4.11. The van der Waals surface area contributed by atoms with Crippen LogP contribution in [-0.4, -0.2) is 31.3 Å². The molecule has 3 unspecified atom stereocenters. The molecule has 0 aliphatic heterocycles. The third-order valence-electron chi connectivity index (χ3n) is 2.75. The van der Waals surface area contributed by atoms with Crippen LogP contribution in [0.15, 0.2) is 0 Å². The van der Waals surface area contributed by atoms with Gasteiger partial charge in [0.25, 0.3) is 0 Å². The highest BCUT2D eigenvalue weighted by atomic mass is 16.6. The zero-order valence-corrected chi connectivity index (χ0v) is 9.57. The fourth-order valence-electron chi connectivity index (χ4n) is 1.88. The van der Waals surface area contributed by atoms with Crippen molar-refractivity contribution < 1.29 is 14.3 Å². The van der Waals surface area contributed by atoms with E-state index in [2.05, 4.69) is 0 Å². The molecular weight excluding hydrogens is 194 g/mol. The molecule has 0 radical (unpaired) electrons. The summed E-state index contributed by atoms with van der Waals surface area (Å²) < 4.78 is 10.4. The fourth-order valence-corrected chi connectivity index (χ4v) is 1.88. The topological polar surface area (TPSA) is 61.5 Å². The quantitative estimate of drug-likeness (QED) is 0.697. The second-order valence-corrected chi connectivity index (χ2v) is 4.11. The summed E-state index contributed by atoms with van der Waals surface area (Å²) in [6.07, 6.45) is 2.65. The maximum Gasteiger partial charge on any atom is 0.310 e. The summed E-state index contributed by atoms with van der Waals surface area (Å²) in [6, 6.07) is -0.0169. The van der Waals surface area contributed by atoms with Crippen LogP contribution in [0.4, 0.5) is 0 Å². The minimum Gasteiger partial charge on any atom is -0.460 e. The summed E-state index contributed by atoms with van der Waals surface area (Å²) in [7, 11) is 0. The van der Waals surface area contributed by atoms with Crippen LogP contribution < -0.4 is 5.73 Å². The normalized spacial score (nSPS) is 27.7. The Morgan fingerprint density at radius 3 is 2.80 bits per heavy atom. The largest absolute Gasteiger partial charge is 0.460 e. The summed E-state index contributed by atoms with van der Waals surface area (Å²) in [4.78, 5) is 11.7. The van der Waals surface area contributed by atoms with Gasteiger partial charge in [-0.25, -0.2) is 0 Å². The number of rotatable bonds is 5. The van der Waals surface area contributed by atoms with Gasteiger partial charge in [-0.1, -0.05) is 6.42 Å². The third-order valence-corrected chi connectivity index (χ3v) is 2.75. The Labute approximate surface area is 91.1 Å². The molecule has 2 N–H and O–H groups in total. The minimum absolute atomic E-state index is 0.0169. The van der Waals surface area contributed by atoms with Gasteiger partial charge in [-0.2, -0.15) is 0 Å². The Bertz CT molecular complexity index is 208. The molecule has 0 aromatic heterocycles. The number of nitrogens with two attached hydrogens (primary N) is 1. The lowest BCUT2D eigenvalue weighted by atomic mass is 10.1. The molecule has 0 heterocycles. The monoisotopic (exact) mass is 215 g/mol. The Morgan fingerprint density at radius 1 is 1.53 bits per heavy atom. The molecule has 0 spiro atoms. The molecule has 15 heavy (non-hydrogen) atoms. The van der Waals surface area contributed by atoms with E-state index in [4.69, 9.17) is 15.2 Å².